The zero-order valence-electron chi connectivity index (χ0n) is 13.6. The van der Waals surface area contributed by atoms with Crippen molar-refractivity contribution in [2.75, 3.05) is 5.75 Å². The summed E-state index contributed by atoms with van der Waals surface area (Å²) in [6.45, 7) is 5.08. The van der Waals surface area contributed by atoms with Crippen molar-refractivity contribution in [1.29, 1.82) is 0 Å². The third kappa shape index (κ3) is 4.09. The lowest BCUT2D eigenvalue weighted by molar-refractivity contribution is -0.119. The number of hydrogen-bond donors (Lipinski definition) is 1. The van der Waals surface area contributed by atoms with Crippen molar-refractivity contribution in [3.05, 3.63) is 34.9 Å². The second kappa shape index (κ2) is 6.82. The Labute approximate surface area is 133 Å². The van der Waals surface area contributed by atoms with Gasteiger partial charge in [-0.25, -0.2) is 8.42 Å². The molecule has 4 nitrogen and oxygen atoms in total. The van der Waals surface area contributed by atoms with Gasteiger partial charge in [0.15, 0.2) is 9.84 Å². The lowest BCUT2D eigenvalue weighted by Crippen LogP contribution is -2.34. The van der Waals surface area contributed by atoms with Crippen LogP contribution in [0, 0.1) is 0 Å². The first-order valence-electron chi connectivity index (χ1n) is 7.92. The molecule has 0 aliphatic heterocycles. The molecule has 0 radical (unpaired) electrons. The van der Waals surface area contributed by atoms with Gasteiger partial charge in [0, 0.05) is 0 Å². The van der Waals surface area contributed by atoms with Crippen molar-refractivity contribution >= 4 is 15.7 Å². The lowest BCUT2D eigenvalue weighted by Gasteiger charge is -2.20. The molecule has 0 saturated carbocycles. The van der Waals surface area contributed by atoms with Crippen LogP contribution < -0.4 is 5.32 Å². The zero-order chi connectivity index (χ0) is 16.3. The summed E-state index contributed by atoms with van der Waals surface area (Å²) in [5.74, 6) is -0.876. The van der Waals surface area contributed by atoms with E-state index in [1.807, 2.05) is 13.0 Å². The Morgan fingerprint density at radius 2 is 1.77 bits per heavy atom. The number of benzene rings is 1. The maximum Gasteiger partial charge on any atom is 0.235 e. The van der Waals surface area contributed by atoms with Crippen LogP contribution in [0.15, 0.2) is 18.2 Å². The van der Waals surface area contributed by atoms with E-state index >= 15 is 0 Å². The zero-order valence-corrected chi connectivity index (χ0v) is 14.4. The average molecular weight is 323 g/mol. The van der Waals surface area contributed by atoms with Crippen molar-refractivity contribution in [1.82, 2.24) is 5.32 Å². The van der Waals surface area contributed by atoms with Gasteiger partial charge < -0.3 is 5.32 Å². The van der Waals surface area contributed by atoms with Gasteiger partial charge in [0.2, 0.25) is 5.91 Å². The number of amides is 1. The van der Waals surface area contributed by atoms with Crippen LogP contribution in [0.1, 0.15) is 56.3 Å². The Morgan fingerprint density at radius 1 is 1.14 bits per heavy atom. The molecule has 0 fully saturated rings. The van der Waals surface area contributed by atoms with E-state index in [1.54, 1.807) is 13.8 Å². The summed E-state index contributed by atoms with van der Waals surface area (Å²) in [7, 11) is -3.35. The molecule has 22 heavy (non-hydrogen) atoms. The number of rotatable bonds is 5. The first-order valence-corrected chi connectivity index (χ1v) is 9.64. The van der Waals surface area contributed by atoms with Crippen molar-refractivity contribution in [2.24, 2.45) is 0 Å². The molecule has 2 rings (SSSR count). The molecule has 1 unspecified atom stereocenters. The van der Waals surface area contributed by atoms with Crippen LogP contribution in [0.4, 0.5) is 0 Å². The number of carbonyl (C=O) groups excluding carboxylic acids is 1. The molecule has 1 aromatic carbocycles. The van der Waals surface area contributed by atoms with Crippen LogP contribution in [0.2, 0.25) is 0 Å². The number of aryl methyl sites for hydroxylation is 2. The summed E-state index contributed by atoms with van der Waals surface area (Å²) in [6, 6.07) is 6.14. The molecule has 1 aromatic rings. The molecule has 122 valence electrons. The highest BCUT2D eigenvalue weighted by Crippen LogP contribution is 2.24. The fraction of sp³-hybridized carbons (Fsp3) is 0.588. The van der Waals surface area contributed by atoms with Gasteiger partial charge in [-0.2, -0.15) is 0 Å². The molecule has 1 aliphatic carbocycles. The Balaban J connectivity index is 2.03. The Hall–Kier alpha value is -1.36. The topological polar surface area (TPSA) is 63.2 Å². The van der Waals surface area contributed by atoms with Crippen molar-refractivity contribution < 1.29 is 13.2 Å². The molecule has 1 aliphatic rings. The van der Waals surface area contributed by atoms with Crippen LogP contribution >= 0.6 is 0 Å². The van der Waals surface area contributed by atoms with E-state index in [1.165, 1.54) is 24.0 Å². The van der Waals surface area contributed by atoms with Crippen LogP contribution in [0.25, 0.3) is 0 Å². The van der Waals surface area contributed by atoms with Crippen LogP contribution in [0.5, 0.6) is 0 Å². The summed E-state index contributed by atoms with van der Waals surface area (Å²) in [6.07, 6.45) is 4.67. The smallest absolute Gasteiger partial charge is 0.235 e. The molecule has 5 heteroatoms. The number of sulfone groups is 1. The maximum atomic E-state index is 11.9. The second-order valence-electron chi connectivity index (χ2n) is 6.38. The van der Waals surface area contributed by atoms with Gasteiger partial charge in [-0.1, -0.05) is 18.2 Å². The van der Waals surface area contributed by atoms with Gasteiger partial charge in [0.05, 0.1) is 11.3 Å². The predicted molar refractivity (Wildman–Crippen MR) is 88.6 cm³/mol. The minimum absolute atomic E-state index is 0.179. The number of fused-ring (bicyclic) bond motifs is 1. The van der Waals surface area contributed by atoms with E-state index in [0.717, 1.165) is 18.4 Å². The molecule has 1 N–H and O–H groups in total. The standard InChI is InChI=1S/C17H25NO3S/c1-12(2)22(20,21)11-17(19)18-13(3)15-9-8-14-6-4-5-7-16(14)10-15/h8-10,12-13H,4-7,11H2,1-3H3,(H,18,19). The Morgan fingerprint density at radius 3 is 2.41 bits per heavy atom. The van der Waals surface area contributed by atoms with Gasteiger partial charge in [-0.15, -0.1) is 0 Å². The fourth-order valence-electron chi connectivity index (χ4n) is 2.74. The second-order valence-corrected chi connectivity index (χ2v) is 8.94. The monoisotopic (exact) mass is 323 g/mol. The van der Waals surface area contributed by atoms with Crippen molar-refractivity contribution in [3.8, 4) is 0 Å². The first kappa shape index (κ1) is 17.0. The molecule has 1 amide bonds. The summed E-state index contributed by atoms with van der Waals surface area (Å²) >= 11 is 0. The Bertz CT molecular complexity index is 650. The SMILES string of the molecule is CC(NC(=O)CS(=O)(=O)C(C)C)c1ccc2c(c1)CCCC2. The van der Waals surface area contributed by atoms with Gasteiger partial charge in [-0.05, 0) is 63.1 Å². The van der Waals surface area contributed by atoms with E-state index in [9.17, 15) is 13.2 Å². The van der Waals surface area contributed by atoms with Gasteiger partial charge in [0.25, 0.3) is 0 Å². The molecule has 1 atom stereocenters. The van der Waals surface area contributed by atoms with E-state index in [0.29, 0.717) is 0 Å². The minimum atomic E-state index is -3.35. The van der Waals surface area contributed by atoms with Gasteiger partial charge in [0.1, 0.15) is 5.75 Å². The number of hydrogen-bond acceptors (Lipinski definition) is 3. The van der Waals surface area contributed by atoms with Crippen LogP contribution in [0.3, 0.4) is 0 Å². The van der Waals surface area contributed by atoms with Gasteiger partial charge >= 0.3 is 0 Å². The molecular weight excluding hydrogens is 298 g/mol. The first-order chi connectivity index (χ1) is 10.3. The van der Waals surface area contributed by atoms with E-state index < -0.39 is 26.7 Å². The predicted octanol–water partition coefficient (Wildman–Crippen LogP) is 2.57. The maximum absolute atomic E-state index is 11.9. The Kier molecular flexibility index (Phi) is 5.27. The quantitative estimate of drug-likeness (QED) is 0.906. The van der Waals surface area contributed by atoms with E-state index in [4.69, 9.17) is 0 Å². The molecule has 0 heterocycles. The third-order valence-electron chi connectivity index (χ3n) is 4.30. The molecular formula is C17H25NO3S. The van der Waals surface area contributed by atoms with Crippen molar-refractivity contribution in [2.45, 2.75) is 57.7 Å². The summed E-state index contributed by atoms with van der Waals surface area (Å²) < 4.78 is 23.6. The highest BCUT2D eigenvalue weighted by Gasteiger charge is 2.22. The normalized spacial score (nSPS) is 16.2. The number of carbonyl (C=O) groups is 1. The number of nitrogens with one attached hydrogen (secondary N) is 1. The third-order valence-corrected chi connectivity index (χ3v) is 6.40. The van der Waals surface area contributed by atoms with E-state index in [-0.39, 0.29) is 6.04 Å². The largest absolute Gasteiger partial charge is 0.349 e. The summed E-state index contributed by atoms with van der Waals surface area (Å²) in [5, 5.41) is 2.27. The molecule has 0 spiro atoms. The van der Waals surface area contributed by atoms with Crippen LogP contribution in [-0.4, -0.2) is 25.3 Å². The molecule has 0 aromatic heterocycles. The summed E-state index contributed by atoms with van der Waals surface area (Å²) in [5.41, 5.74) is 3.80. The highest BCUT2D eigenvalue weighted by atomic mass is 32.2. The van der Waals surface area contributed by atoms with E-state index in [2.05, 4.69) is 17.4 Å². The minimum Gasteiger partial charge on any atom is -0.349 e. The highest BCUT2D eigenvalue weighted by molar-refractivity contribution is 7.92. The van der Waals surface area contributed by atoms with Crippen LogP contribution in [-0.2, 0) is 27.5 Å². The van der Waals surface area contributed by atoms with Gasteiger partial charge in [-0.3, -0.25) is 4.79 Å². The lowest BCUT2D eigenvalue weighted by atomic mass is 9.89. The van der Waals surface area contributed by atoms with Crippen molar-refractivity contribution in [3.63, 3.8) is 0 Å². The average Bonchev–Trinajstić information content (AvgIpc) is 2.45. The molecule has 0 bridgehead atoms. The molecule has 0 saturated heterocycles. The fourth-order valence-corrected chi connectivity index (χ4v) is 3.52. The summed E-state index contributed by atoms with van der Waals surface area (Å²) in [4.78, 5) is 11.9.